The molecule has 0 saturated carbocycles. The number of likely N-dealkylation sites (tertiary alicyclic amines) is 1. The summed E-state index contributed by atoms with van der Waals surface area (Å²) in [6, 6.07) is 3.70. The number of nitro groups is 1. The zero-order valence-corrected chi connectivity index (χ0v) is 11.4. The van der Waals surface area contributed by atoms with Crippen molar-refractivity contribution in [2.45, 2.75) is 32.2 Å². The zero-order chi connectivity index (χ0) is 13.8. The molecule has 0 aromatic carbocycles. The van der Waals surface area contributed by atoms with E-state index in [0.717, 1.165) is 13.1 Å². The van der Waals surface area contributed by atoms with Gasteiger partial charge in [0, 0.05) is 18.7 Å². The molecule has 6 nitrogen and oxygen atoms in total. The molecule has 2 rings (SSSR count). The summed E-state index contributed by atoms with van der Waals surface area (Å²) < 4.78 is 0. The molecular formula is C13H20N4O2. The first-order valence-electron chi connectivity index (χ1n) is 6.64. The quantitative estimate of drug-likeness (QED) is 0.666. The van der Waals surface area contributed by atoms with E-state index in [-0.39, 0.29) is 5.69 Å². The summed E-state index contributed by atoms with van der Waals surface area (Å²) in [6.07, 6.45) is 3.72. The van der Waals surface area contributed by atoms with Crippen LogP contribution in [-0.2, 0) is 0 Å². The van der Waals surface area contributed by atoms with Gasteiger partial charge >= 0.3 is 0 Å². The molecule has 0 amide bonds. The minimum Gasteiger partial charge on any atom is -0.368 e. The van der Waals surface area contributed by atoms with Crippen LogP contribution in [0.3, 0.4) is 0 Å². The van der Waals surface area contributed by atoms with Crippen LogP contribution >= 0.6 is 0 Å². The Labute approximate surface area is 113 Å². The lowest BCUT2D eigenvalue weighted by atomic mass is 10.0. The Morgan fingerprint density at radius 2 is 2.32 bits per heavy atom. The number of nitrogens with zero attached hydrogens (tertiary/aromatic N) is 3. The monoisotopic (exact) mass is 264 g/mol. The van der Waals surface area contributed by atoms with Gasteiger partial charge in [-0.2, -0.15) is 0 Å². The lowest BCUT2D eigenvalue weighted by Gasteiger charge is -2.32. The van der Waals surface area contributed by atoms with Gasteiger partial charge in [0.15, 0.2) is 0 Å². The highest BCUT2D eigenvalue weighted by molar-refractivity contribution is 5.44. The van der Waals surface area contributed by atoms with Crippen molar-refractivity contribution < 1.29 is 4.92 Å². The van der Waals surface area contributed by atoms with Crippen molar-refractivity contribution in [3.05, 3.63) is 27.9 Å². The normalized spacial score (nSPS) is 20.2. The number of aryl methyl sites for hydroxylation is 1. The summed E-state index contributed by atoms with van der Waals surface area (Å²) in [6.45, 7) is 3.63. The molecule has 19 heavy (non-hydrogen) atoms. The van der Waals surface area contributed by atoms with Crippen molar-refractivity contribution in [2.24, 2.45) is 0 Å². The average molecular weight is 264 g/mol. The Kier molecular flexibility index (Phi) is 4.31. The van der Waals surface area contributed by atoms with Crippen LogP contribution < -0.4 is 5.32 Å². The van der Waals surface area contributed by atoms with Crippen LogP contribution in [0.15, 0.2) is 12.1 Å². The van der Waals surface area contributed by atoms with Crippen molar-refractivity contribution in [3.8, 4) is 0 Å². The highest BCUT2D eigenvalue weighted by Gasteiger charge is 2.19. The van der Waals surface area contributed by atoms with E-state index in [2.05, 4.69) is 22.2 Å². The second-order valence-corrected chi connectivity index (χ2v) is 5.07. The third kappa shape index (κ3) is 3.41. The fourth-order valence-corrected chi connectivity index (χ4v) is 2.47. The van der Waals surface area contributed by atoms with Gasteiger partial charge in [0.2, 0.25) is 0 Å². The summed E-state index contributed by atoms with van der Waals surface area (Å²) in [4.78, 5) is 16.9. The number of pyridine rings is 1. The molecule has 1 aromatic rings. The van der Waals surface area contributed by atoms with Crippen LogP contribution in [0.2, 0.25) is 0 Å². The van der Waals surface area contributed by atoms with Crippen LogP contribution in [0, 0.1) is 17.0 Å². The number of hydrogen-bond acceptors (Lipinski definition) is 5. The predicted octanol–water partition coefficient (Wildman–Crippen LogP) is 2.19. The molecule has 104 valence electrons. The van der Waals surface area contributed by atoms with Gasteiger partial charge in [0.1, 0.15) is 11.5 Å². The van der Waals surface area contributed by atoms with Crippen molar-refractivity contribution in [1.29, 1.82) is 0 Å². The lowest BCUT2D eigenvalue weighted by Crippen LogP contribution is -2.40. The summed E-state index contributed by atoms with van der Waals surface area (Å²) in [5.41, 5.74) is 0.521. The zero-order valence-electron chi connectivity index (χ0n) is 11.4. The maximum atomic E-state index is 10.7. The molecule has 1 aliphatic heterocycles. The van der Waals surface area contributed by atoms with E-state index >= 15 is 0 Å². The SMILES string of the molecule is Cc1nc(NCC2CCCCN2C)ccc1[N+](=O)[O-]. The van der Waals surface area contributed by atoms with Gasteiger partial charge in [-0.1, -0.05) is 6.42 Å². The second-order valence-electron chi connectivity index (χ2n) is 5.07. The molecule has 1 N–H and O–H groups in total. The first kappa shape index (κ1) is 13.7. The molecule has 1 unspecified atom stereocenters. The van der Waals surface area contributed by atoms with E-state index in [4.69, 9.17) is 0 Å². The second kappa shape index (κ2) is 5.97. The van der Waals surface area contributed by atoms with Gasteiger partial charge < -0.3 is 10.2 Å². The van der Waals surface area contributed by atoms with Gasteiger partial charge in [-0.15, -0.1) is 0 Å². The number of likely N-dealkylation sites (N-methyl/N-ethyl adjacent to an activating group) is 1. The molecule has 1 aromatic heterocycles. The standard InChI is InChI=1S/C13H20N4O2/c1-10-12(17(18)19)6-7-13(15-10)14-9-11-5-3-4-8-16(11)2/h6-7,11H,3-5,8-9H2,1-2H3,(H,14,15). The van der Waals surface area contributed by atoms with Crippen LogP contribution in [0.1, 0.15) is 25.0 Å². The van der Waals surface area contributed by atoms with Crippen molar-refractivity contribution in [3.63, 3.8) is 0 Å². The minimum atomic E-state index is -0.402. The number of piperidine rings is 1. The first-order chi connectivity index (χ1) is 9.08. The van der Waals surface area contributed by atoms with Crippen LogP contribution in [0.5, 0.6) is 0 Å². The molecule has 0 aliphatic carbocycles. The van der Waals surface area contributed by atoms with E-state index in [1.165, 1.54) is 25.3 Å². The summed E-state index contributed by atoms with van der Waals surface area (Å²) >= 11 is 0. The Morgan fingerprint density at radius 1 is 1.53 bits per heavy atom. The Morgan fingerprint density at radius 3 is 2.95 bits per heavy atom. The third-order valence-electron chi connectivity index (χ3n) is 3.69. The molecule has 1 saturated heterocycles. The highest BCUT2D eigenvalue weighted by atomic mass is 16.6. The number of aromatic nitrogens is 1. The van der Waals surface area contributed by atoms with Crippen LogP contribution in [0.4, 0.5) is 11.5 Å². The Balaban J connectivity index is 1.96. The average Bonchev–Trinajstić information content (AvgIpc) is 2.37. The molecule has 0 spiro atoms. The number of nitrogens with one attached hydrogen (secondary N) is 1. The topological polar surface area (TPSA) is 71.3 Å². The molecule has 2 heterocycles. The number of rotatable bonds is 4. The summed E-state index contributed by atoms with van der Waals surface area (Å²) in [7, 11) is 2.14. The Hall–Kier alpha value is -1.69. The van der Waals surface area contributed by atoms with E-state index in [1.807, 2.05) is 0 Å². The van der Waals surface area contributed by atoms with E-state index in [9.17, 15) is 10.1 Å². The molecule has 1 aliphatic rings. The van der Waals surface area contributed by atoms with E-state index in [0.29, 0.717) is 17.6 Å². The van der Waals surface area contributed by atoms with Crippen molar-refractivity contribution in [1.82, 2.24) is 9.88 Å². The molecule has 0 bridgehead atoms. The molecule has 1 atom stereocenters. The van der Waals surface area contributed by atoms with Crippen molar-refractivity contribution >= 4 is 11.5 Å². The fourth-order valence-electron chi connectivity index (χ4n) is 2.47. The number of anilines is 1. The van der Waals surface area contributed by atoms with Gasteiger partial charge in [-0.05, 0) is 39.4 Å². The van der Waals surface area contributed by atoms with E-state index in [1.54, 1.807) is 13.0 Å². The largest absolute Gasteiger partial charge is 0.368 e. The minimum absolute atomic E-state index is 0.0698. The predicted molar refractivity (Wildman–Crippen MR) is 74.4 cm³/mol. The summed E-state index contributed by atoms with van der Waals surface area (Å²) in [5, 5.41) is 14.0. The maximum Gasteiger partial charge on any atom is 0.290 e. The Bertz CT molecular complexity index is 464. The fraction of sp³-hybridized carbons (Fsp3) is 0.615. The van der Waals surface area contributed by atoms with Gasteiger partial charge in [0.25, 0.3) is 5.69 Å². The maximum absolute atomic E-state index is 10.7. The molecule has 1 fully saturated rings. The van der Waals surface area contributed by atoms with Crippen LogP contribution in [0.25, 0.3) is 0 Å². The van der Waals surface area contributed by atoms with Crippen LogP contribution in [-0.4, -0.2) is 41.0 Å². The first-order valence-corrected chi connectivity index (χ1v) is 6.64. The summed E-state index contributed by atoms with van der Waals surface area (Å²) in [5.74, 6) is 0.710. The van der Waals surface area contributed by atoms with Gasteiger partial charge in [-0.25, -0.2) is 4.98 Å². The highest BCUT2D eigenvalue weighted by Crippen LogP contribution is 2.19. The lowest BCUT2D eigenvalue weighted by molar-refractivity contribution is -0.385. The molecular weight excluding hydrogens is 244 g/mol. The van der Waals surface area contributed by atoms with E-state index < -0.39 is 4.92 Å². The third-order valence-corrected chi connectivity index (χ3v) is 3.69. The smallest absolute Gasteiger partial charge is 0.290 e. The van der Waals surface area contributed by atoms with Crippen molar-refractivity contribution in [2.75, 3.05) is 25.5 Å². The molecule has 6 heteroatoms. The van der Waals surface area contributed by atoms with Gasteiger partial charge in [0.05, 0.1) is 4.92 Å². The molecule has 0 radical (unpaired) electrons. The van der Waals surface area contributed by atoms with Gasteiger partial charge in [-0.3, -0.25) is 10.1 Å². The number of hydrogen-bond donors (Lipinski definition) is 1.